The van der Waals surface area contributed by atoms with E-state index in [4.69, 9.17) is 11.5 Å². The van der Waals surface area contributed by atoms with Crippen molar-refractivity contribution in [1.29, 1.82) is 0 Å². The van der Waals surface area contributed by atoms with Crippen LogP contribution in [0.15, 0.2) is 18.2 Å². The minimum atomic E-state index is -4.70. The number of alkyl halides is 3. The number of anilines is 1. The Labute approximate surface area is 77.5 Å². The highest BCUT2D eigenvalue weighted by atomic mass is 19.4. The standard InChI is InChI=1S/C8H8F4N2/c9-4-2-1-3-5(13)6(4)7(14)8(10,11)12/h1-3,7H,13-14H2. The SMILES string of the molecule is Nc1cccc(F)c1C(N)C(F)(F)F. The van der Waals surface area contributed by atoms with Gasteiger partial charge in [0.2, 0.25) is 0 Å². The Morgan fingerprint density at radius 2 is 1.79 bits per heavy atom. The Kier molecular flexibility index (Phi) is 2.66. The highest BCUT2D eigenvalue weighted by Gasteiger charge is 2.40. The molecule has 78 valence electrons. The predicted octanol–water partition coefficient (Wildman–Crippen LogP) is 1.97. The molecule has 0 heterocycles. The summed E-state index contributed by atoms with van der Waals surface area (Å²) in [7, 11) is 0. The van der Waals surface area contributed by atoms with Crippen molar-refractivity contribution in [1.82, 2.24) is 0 Å². The van der Waals surface area contributed by atoms with Crippen LogP contribution in [0.4, 0.5) is 23.2 Å². The Hall–Kier alpha value is -1.30. The molecule has 14 heavy (non-hydrogen) atoms. The van der Waals surface area contributed by atoms with Crippen molar-refractivity contribution < 1.29 is 17.6 Å². The molecule has 2 nitrogen and oxygen atoms in total. The van der Waals surface area contributed by atoms with Crippen molar-refractivity contribution in [2.45, 2.75) is 12.2 Å². The van der Waals surface area contributed by atoms with Crippen molar-refractivity contribution in [2.75, 3.05) is 5.73 Å². The lowest BCUT2D eigenvalue weighted by molar-refractivity contribution is -0.149. The van der Waals surface area contributed by atoms with Crippen LogP contribution in [0.2, 0.25) is 0 Å². The van der Waals surface area contributed by atoms with Crippen LogP contribution in [0.1, 0.15) is 11.6 Å². The molecule has 0 radical (unpaired) electrons. The number of rotatable bonds is 1. The molecule has 4 N–H and O–H groups in total. The smallest absolute Gasteiger partial charge is 0.398 e. The van der Waals surface area contributed by atoms with Crippen molar-refractivity contribution in [3.8, 4) is 0 Å². The third-order valence-electron chi connectivity index (χ3n) is 1.75. The molecule has 0 spiro atoms. The van der Waals surface area contributed by atoms with E-state index >= 15 is 0 Å². The Morgan fingerprint density at radius 3 is 2.21 bits per heavy atom. The predicted molar refractivity (Wildman–Crippen MR) is 43.8 cm³/mol. The van der Waals surface area contributed by atoms with Crippen molar-refractivity contribution in [2.24, 2.45) is 5.73 Å². The number of halogens is 4. The lowest BCUT2D eigenvalue weighted by Crippen LogP contribution is -2.30. The molecular weight excluding hydrogens is 200 g/mol. The average molecular weight is 208 g/mol. The summed E-state index contributed by atoms with van der Waals surface area (Å²) in [6, 6.07) is 0.891. The monoisotopic (exact) mass is 208 g/mol. The molecule has 1 aromatic carbocycles. The molecule has 0 aliphatic rings. The third-order valence-corrected chi connectivity index (χ3v) is 1.75. The highest BCUT2D eigenvalue weighted by Crippen LogP contribution is 2.34. The zero-order valence-electron chi connectivity index (χ0n) is 6.98. The second-order valence-corrected chi connectivity index (χ2v) is 2.76. The number of hydrogen-bond donors (Lipinski definition) is 2. The number of benzene rings is 1. The van der Waals surface area contributed by atoms with Gasteiger partial charge >= 0.3 is 6.18 Å². The molecule has 1 atom stereocenters. The Balaban J connectivity index is 3.19. The van der Waals surface area contributed by atoms with Gasteiger partial charge < -0.3 is 11.5 Å². The molecule has 0 bridgehead atoms. The van der Waals surface area contributed by atoms with Crippen LogP contribution >= 0.6 is 0 Å². The second-order valence-electron chi connectivity index (χ2n) is 2.76. The van der Waals surface area contributed by atoms with Crippen LogP contribution in [0.25, 0.3) is 0 Å². The summed E-state index contributed by atoms with van der Waals surface area (Å²) in [6.07, 6.45) is -4.70. The van der Waals surface area contributed by atoms with E-state index in [-0.39, 0.29) is 5.69 Å². The van der Waals surface area contributed by atoms with Gasteiger partial charge in [-0.2, -0.15) is 13.2 Å². The second kappa shape index (κ2) is 3.45. The molecule has 0 aliphatic heterocycles. The molecule has 0 aromatic heterocycles. The zero-order valence-corrected chi connectivity index (χ0v) is 6.98. The fraction of sp³-hybridized carbons (Fsp3) is 0.250. The molecule has 6 heteroatoms. The number of hydrogen-bond acceptors (Lipinski definition) is 2. The summed E-state index contributed by atoms with van der Waals surface area (Å²) in [5.41, 5.74) is 9.02. The van der Waals surface area contributed by atoms with Crippen molar-refractivity contribution >= 4 is 5.69 Å². The van der Waals surface area contributed by atoms with E-state index in [9.17, 15) is 17.6 Å². The number of nitrogens with two attached hydrogens (primary N) is 2. The maximum atomic E-state index is 13.0. The zero-order chi connectivity index (χ0) is 10.9. The first kappa shape index (κ1) is 10.8. The summed E-state index contributed by atoms with van der Waals surface area (Å²) in [5.74, 6) is -1.05. The average Bonchev–Trinajstić information content (AvgIpc) is 2.01. The van der Waals surface area contributed by atoms with Crippen LogP contribution in [0.5, 0.6) is 0 Å². The van der Waals surface area contributed by atoms with E-state index in [1.807, 2.05) is 0 Å². The molecule has 0 fully saturated rings. The van der Waals surface area contributed by atoms with Crippen LogP contribution in [0.3, 0.4) is 0 Å². The van der Waals surface area contributed by atoms with Gasteiger partial charge in [-0.15, -0.1) is 0 Å². The number of nitrogen functional groups attached to an aromatic ring is 1. The van der Waals surface area contributed by atoms with Gasteiger partial charge in [-0.25, -0.2) is 4.39 Å². The molecule has 0 amide bonds. The van der Waals surface area contributed by atoms with E-state index < -0.39 is 23.6 Å². The summed E-state index contributed by atoms with van der Waals surface area (Å²) in [4.78, 5) is 0. The van der Waals surface area contributed by atoms with Gasteiger partial charge in [0.05, 0.1) is 0 Å². The van der Waals surface area contributed by atoms with Gasteiger partial charge in [0.15, 0.2) is 0 Å². The quantitative estimate of drug-likeness (QED) is 0.547. The van der Waals surface area contributed by atoms with E-state index in [2.05, 4.69) is 0 Å². The first-order valence-electron chi connectivity index (χ1n) is 3.70. The van der Waals surface area contributed by atoms with Crippen molar-refractivity contribution in [3.05, 3.63) is 29.6 Å². The molecule has 0 aliphatic carbocycles. The maximum Gasteiger partial charge on any atom is 0.407 e. The van der Waals surface area contributed by atoms with Gasteiger partial charge in [0.1, 0.15) is 11.9 Å². The van der Waals surface area contributed by atoms with Crippen LogP contribution in [-0.4, -0.2) is 6.18 Å². The van der Waals surface area contributed by atoms with E-state index in [1.54, 1.807) is 0 Å². The van der Waals surface area contributed by atoms with Gasteiger partial charge in [-0.1, -0.05) is 6.07 Å². The lowest BCUT2D eigenvalue weighted by Gasteiger charge is -2.18. The van der Waals surface area contributed by atoms with Crippen LogP contribution < -0.4 is 11.5 Å². The van der Waals surface area contributed by atoms with Crippen molar-refractivity contribution in [3.63, 3.8) is 0 Å². The summed E-state index contributed by atoms with van der Waals surface area (Å²) in [5, 5.41) is 0. The fourth-order valence-corrected chi connectivity index (χ4v) is 1.05. The lowest BCUT2D eigenvalue weighted by atomic mass is 10.0. The minimum absolute atomic E-state index is 0.296. The Morgan fingerprint density at radius 1 is 1.21 bits per heavy atom. The van der Waals surface area contributed by atoms with E-state index in [0.717, 1.165) is 6.07 Å². The topological polar surface area (TPSA) is 52.0 Å². The van der Waals surface area contributed by atoms with Gasteiger partial charge in [0, 0.05) is 11.3 Å². The molecule has 0 saturated carbocycles. The van der Waals surface area contributed by atoms with Crippen LogP contribution in [-0.2, 0) is 0 Å². The first-order valence-corrected chi connectivity index (χ1v) is 3.70. The molecule has 1 aromatic rings. The Bertz CT molecular complexity index is 314. The van der Waals surface area contributed by atoms with E-state index in [0.29, 0.717) is 0 Å². The van der Waals surface area contributed by atoms with E-state index in [1.165, 1.54) is 12.1 Å². The summed E-state index contributed by atoms with van der Waals surface area (Å²) in [6.45, 7) is 0. The third kappa shape index (κ3) is 1.95. The summed E-state index contributed by atoms with van der Waals surface area (Å²) >= 11 is 0. The highest BCUT2D eigenvalue weighted by molar-refractivity contribution is 5.49. The molecular formula is C8H8F4N2. The minimum Gasteiger partial charge on any atom is -0.398 e. The van der Waals surface area contributed by atoms with Gasteiger partial charge in [-0.05, 0) is 12.1 Å². The fourth-order valence-electron chi connectivity index (χ4n) is 1.05. The largest absolute Gasteiger partial charge is 0.407 e. The summed E-state index contributed by atoms with van der Waals surface area (Å²) < 4.78 is 49.4. The molecule has 1 unspecified atom stereocenters. The van der Waals surface area contributed by atoms with Gasteiger partial charge in [-0.3, -0.25) is 0 Å². The van der Waals surface area contributed by atoms with Crippen LogP contribution in [0, 0.1) is 5.82 Å². The maximum absolute atomic E-state index is 13.0. The molecule has 1 rings (SSSR count). The normalized spacial score (nSPS) is 14.1. The van der Waals surface area contributed by atoms with Gasteiger partial charge in [0.25, 0.3) is 0 Å². The first-order chi connectivity index (χ1) is 6.34. The molecule has 0 saturated heterocycles.